The van der Waals surface area contributed by atoms with Crippen molar-refractivity contribution in [2.24, 2.45) is 0 Å². The van der Waals surface area contributed by atoms with Crippen LogP contribution in [0.2, 0.25) is 0 Å². The molecule has 0 spiro atoms. The maximum absolute atomic E-state index is 11.5. The molecule has 1 aromatic rings. The average Bonchev–Trinajstić information content (AvgIpc) is 2.46. The van der Waals surface area contributed by atoms with Crippen molar-refractivity contribution in [3.05, 3.63) is 18.0 Å². The molecule has 1 aliphatic heterocycles. The maximum Gasteiger partial charge on any atom is 0.322 e. The summed E-state index contributed by atoms with van der Waals surface area (Å²) < 4.78 is 10.5. The molecular weight excluding hydrogens is 278 g/mol. The van der Waals surface area contributed by atoms with Crippen LogP contribution in [0, 0.1) is 0 Å². The Kier molecular flexibility index (Phi) is 4.59. The first-order valence-corrected chi connectivity index (χ1v) is 6.36. The van der Waals surface area contributed by atoms with Crippen LogP contribution in [-0.2, 0) is 16.1 Å². The fourth-order valence-corrected chi connectivity index (χ4v) is 2.26. The molecule has 1 aromatic heterocycles. The van der Waals surface area contributed by atoms with Gasteiger partial charge in [-0.25, -0.2) is 0 Å². The Morgan fingerprint density at radius 1 is 1.52 bits per heavy atom. The van der Waals surface area contributed by atoms with E-state index in [1.165, 1.54) is 14.2 Å². The number of carbonyl (C=O) groups excluding carboxylic acids is 1. The highest BCUT2D eigenvalue weighted by Crippen LogP contribution is 2.30. The van der Waals surface area contributed by atoms with Gasteiger partial charge in [-0.15, -0.1) is 0 Å². The minimum absolute atomic E-state index is 0.000981. The summed E-state index contributed by atoms with van der Waals surface area (Å²) in [6.07, 6.45) is 1.55. The van der Waals surface area contributed by atoms with Gasteiger partial charge in [-0.05, 0) is 0 Å². The number of carbonyl (C=O) groups is 2. The van der Waals surface area contributed by atoms with Gasteiger partial charge in [0.2, 0.25) is 5.91 Å². The molecule has 0 radical (unpaired) electrons. The molecule has 2 rings (SSSR count). The fourth-order valence-electron chi connectivity index (χ4n) is 2.26. The largest absolute Gasteiger partial charge is 0.493 e. The van der Waals surface area contributed by atoms with Crippen molar-refractivity contribution in [2.45, 2.75) is 12.6 Å². The van der Waals surface area contributed by atoms with Crippen molar-refractivity contribution < 1.29 is 24.2 Å². The smallest absolute Gasteiger partial charge is 0.322 e. The summed E-state index contributed by atoms with van der Waals surface area (Å²) in [6, 6.07) is 0.861. The number of piperazine rings is 1. The minimum Gasteiger partial charge on any atom is -0.493 e. The number of rotatable bonds is 5. The molecule has 0 bridgehead atoms. The van der Waals surface area contributed by atoms with Gasteiger partial charge in [-0.2, -0.15) is 0 Å². The van der Waals surface area contributed by atoms with Crippen LogP contribution in [0.25, 0.3) is 0 Å². The topological polar surface area (TPSA) is 101 Å². The van der Waals surface area contributed by atoms with Crippen molar-refractivity contribution in [1.29, 1.82) is 0 Å². The van der Waals surface area contributed by atoms with Gasteiger partial charge >= 0.3 is 5.97 Å². The molecule has 1 amide bonds. The summed E-state index contributed by atoms with van der Waals surface area (Å²) in [5.41, 5.74) is 0.526. The Labute approximate surface area is 121 Å². The van der Waals surface area contributed by atoms with E-state index < -0.39 is 12.0 Å². The van der Waals surface area contributed by atoms with E-state index in [9.17, 15) is 14.7 Å². The molecule has 2 heterocycles. The van der Waals surface area contributed by atoms with Crippen LogP contribution in [0.15, 0.2) is 12.3 Å². The number of hydrogen-bond donors (Lipinski definition) is 2. The van der Waals surface area contributed by atoms with Crippen molar-refractivity contribution >= 4 is 11.9 Å². The Morgan fingerprint density at radius 2 is 2.29 bits per heavy atom. The molecule has 1 atom stereocenters. The van der Waals surface area contributed by atoms with Gasteiger partial charge in [0, 0.05) is 25.4 Å². The van der Waals surface area contributed by atoms with E-state index in [1.807, 2.05) is 0 Å². The highest BCUT2D eigenvalue weighted by Gasteiger charge is 2.32. The summed E-state index contributed by atoms with van der Waals surface area (Å²) in [5.74, 6) is -0.253. The molecule has 21 heavy (non-hydrogen) atoms. The number of ether oxygens (including phenoxy) is 2. The van der Waals surface area contributed by atoms with Gasteiger partial charge in [0.15, 0.2) is 11.5 Å². The fraction of sp³-hybridized carbons (Fsp3) is 0.462. The first kappa shape index (κ1) is 15.0. The second-order valence-corrected chi connectivity index (χ2v) is 4.56. The number of nitrogens with zero attached hydrogens (tertiary/aromatic N) is 2. The first-order valence-electron chi connectivity index (χ1n) is 6.36. The highest BCUT2D eigenvalue weighted by molar-refractivity contribution is 5.83. The quantitative estimate of drug-likeness (QED) is 0.754. The zero-order chi connectivity index (χ0) is 15.4. The lowest BCUT2D eigenvalue weighted by Gasteiger charge is -2.32. The number of carboxylic acids is 1. The predicted octanol–water partition coefficient (Wildman–Crippen LogP) is -0.516. The Balaban J connectivity index is 2.26. The zero-order valence-corrected chi connectivity index (χ0v) is 11.8. The molecule has 0 saturated carbocycles. The summed E-state index contributed by atoms with van der Waals surface area (Å²) in [4.78, 5) is 28.5. The van der Waals surface area contributed by atoms with Crippen molar-refractivity contribution in [3.63, 3.8) is 0 Å². The molecule has 8 heteroatoms. The van der Waals surface area contributed by atoms with Gasteiger partial charge in [0.05, 0.1) is 20.8 Å². The average molecular weight is 295 g/mol. The second kappa shape index (κ2) is 6.40. The Bertz CT molecular complexity index is 549. The molecule has 1 fully saturated rings. The van der Waals surface area contributed by atoms with Crippen molar-refractivity contribution in [1.82, 2.24) is 15.2 Å². The molecule has 0 aromatic carbocycles. The van der Waals surface area contributed by atoms with Crippen molar-refractivity contribution in [3.8, 4) is 11.5 Å². The lowest BCUT2D eigenvalue weighted by Crippen LogP contribution is -2.57. The molecule has 8 nitrogen and oxygen atoms in total. The van der Waals surface area contributed by atoms with Gasteiger partial charge < -0.3 is 19.9 Å². The molecule has 1 unspecified atom stereocenters. The van der Waals surface area contributed by atoms with E-state index in [1.54, 1.807) is 17.2 Å². The van der Waals surface area contributed by atoms with E-state index in [0.717, 1.165) is 0 Å². The monoisotopic (exact) mass is 295 g/mol. The van der Waals surface area contributed by atoms with Crippen LogP contribution in [0.5, 0.6) is 11.5 Å². The van der Waals surface area contributed by atoms with Crippen LogP contribution in [-0.4, -0.2) is 60.2 Å². The van der Waals surface area contributed by atoms with Gasteiger partial charge in [-0.3, -0.25) is 19.5 Å². The molecule has 114 valence electrons. The van der Waals surface area contributed by atoms with Gasteiger partial charge in [-0.1, -0.05) is 0 Å². The number of aliphatic carboxylic acids is 1. The summed E-state index contributed by atoms with van der Waals surface area (Å²) >= 11 is 0. The number of aromatic nitrogens is 1. The van der Waals surface area contributed by atoms with Crippen LogP contribution in [0.3, 0.4) is 0 Å². The normalized spacial score (nSPS) is 19.0. The summed E-state index contributed by atoms with van der Waals surface area (Å²) in [6.45, 7) is 0.254. The Hall–Kier alpha value is -2.35. The number of pyridine rings is 1. The van der Waals surface area contributed by atoms with Crippen molar-refractivity contribution in [2.75, 3.05) is 27.3 Å². The third-order valence-corrected chi connectivity index (χ3v) is 3.28. The van der Waals surface area contributed by atoms with E-state index in [0.29, 0.717) is 17.2 Å². The third kappa shape index (κ3) is 3.22. The number of methoxy groups -OCH3 is 2. The molecular formula is C13H17N3O5. The molecule has 1 aliphatic rings. The number of nitrogens with one attached hydrogen (secondary N) is 1. The lowest BCUT2D eigenvalue weighted by atomic mass is 10.1. The number of carboxylic acid groups (broad SMARTS) is 1. The van der Waals surface area contributed by atoms with Crippen LogP contribution >= 0.6 is 0 Å². The van der Waals surface area contributed by atoms with Crippen LogP contribution in [0.1, 0.15) is 5.69 Å². The maximum atomic E-state index is 11.5. The lowest BCUT2D eigenvalue weighted by molar-refractivity contribution is -0.146. The molecule has 0 aliphatic carbocycles. The summed E-state index contributed by atoms with van der Waals surface area (Å²) in [5, 5.41) is 11.8. The first-order chi connectivity index (χ1) is 10.1. The number of hydrogen-bond acceptors (Lipinski definition) is 6. The van der Waals surface area contributed by atoms with E-state index >= 15 is 0 Å². The number of amides is 1. The van der Waals surface area contributed by atoms with E-state index in [-0.39, 0.29) is 25.5 Å². The van der Waals surface area contributed by atoms with E-state index in [4.69, 9.17) is 9.47 Å². The second-order valence-electron chi connectivity index (χ2n) is 4.56. The highest BCUT2D eigenvalue weighted by atomic mass is 16.5. The van der Waals surface area contributed by atoms with E-state index in [2.05, 4.69) is 10.3 Å². The van der Waals surface area contributed by atoms with Crippen LogP contribution in [0.4, 0.5) is 0 Å². The summed E-state index contributed by atoms with van der Waals surface area (Å²) in [7, 11) is 3.00. The molecule has 1 saturated heterocycles. The predicted molar refractivity (Wildman–Crippen MR) is 72.2 cm³/mol. The minimum atomic E-state index is -0.989. The zero-order valence-electron chi connectivity index (χ0n) is 11.8. The standard InChI is InChI=1S/C13H17N3O5/c1-20-10-3-4-14-8(12(10)21-2)6-16-7-11(17)15-5-9(16)13(18)19/h3-4,9H,5-7H2,1-2H3,(H,15,17)(H,18,19). The Morgan fingerprint density at radius 3 is 2.90 bits per heavy atom. The SMILES string of the molecule is COc1ccnc(CN2CC(=O)NCC2C(=O)O)c1OC. The van der Waals surface area contributed by atoms with Gasteiger partial charge in [0.1, 0.15) is 11.7 Å². The van der Waals surface area contributed by atoms with Gasteiger partial charge in [0.25, 0.3) is 0 Å². The molecule has 2 N–H and O–H groups in total. The van der Waals surface area contributed by atoms with Crippen LogP contribution < -0.4 is 14.8 Å². The third-order valence-electron chi connectivity index (χ3n) is 3.28.